The van der Waals surface area contributed by atoms with E-state index in [1.165, 1.54) is 0 Å². The third-order valence-electron chi connectivity index (χ3n) is 2.74. The standard InChI is InChI=1S/C12H17N5O/c1-8-9(2)15-11(7-13-8)14-6-10-5-12(18-4)17(3)16-10/h5,7H,6H2,1-4H3,(H,14,15). The number of hydrogen-bond acceptors (Lipinski definition) is 5. The van der Waals surface area contributed by atoms with Crippen molar-refractivity contribution in [3.05, 3.63) is 29.3 Å². The zero-order chi connectivity index (χ0) is 13.1. The number of aromatic nitrogens is 4. The van der Waals surface area contributed by atoms with Gasteiger partial charge in [-0.15, -0.1) is 0 Å². The van der Waals surface area contributed by atoms with Crippen molar-refractivity contribution < 1.29 is 4.74 Å². The van der Waals surface area contributed by atoms with Crippen molar-refractivity contribution in [3.8, 4) is 5.88 Å². The second kappa shape index (κ2) is 5.03. The molecule has 0 fully saturated rings. The van der Waals surface area contributed by atoms with Crippen LogP contribution in [0, 0.1) is 13.8 Å². The first-order valence-corrected chi connectivity index (χ1v) is 5.71. The van der Waals surface area contributed by atoms with E-state index < -0.39 is 0 Å². The van der Waals surface area contributed by atoms with Gasteiger partial charge >= 0.3 is 0 Å². The van der Waals surface area contributed by atoms with Crippen LogP contribution in [0.15, 0.2) is 12.3 Å². The molecule has 6 nitrogen and oxygen atoms in total. The Morgan fingerprint density at radius 1 is 1.33 bits per heavy atom. The molecule has 0 aliphatic heterocycles. The Hall–Kier alpha value is -2.11. The Balaban J connectivity index is 2.04. The molecule has 0 bridgehead atoms. The van der Waals surface area contributed by atoms with Gasteiger partial charge in [0.15, 0.2) is 0 Å². The van der Waals surface area contributed by atoms with Gasteiger partial charge in [-0.1, -0.05) is 0 Å². The normalized spacial score (nSPS) is 10.4. The van der Waals surface area contributed by atoms with E-state index in [1.54, 1.807) is 18.0 Å². The molecule has 0 amide bonds. The summed E-state index contributed by atoms with van der Waals surface area (Å²) in [5.74, 6) is 1.49. The maximum absolute atomic E-state index is 5.16. The molecule has 2 rings (SSSR count). The van der Waals surface area contributed by atoms with Crippen molar-refractivity contribution in [1.82, 2.24) is 19.7 Å². The molecule has 0 aliphatic carbocycles. The number of hydrogen-bond donors (Lipinski definition) is 1. The summed E-state index contributed by atoms with van der Waals surface area (Å²) in [5.41, 5.74) is 2.77. The van der Waals surface area contributed by atoms with E-state index in [9.17, 15) is 0 Å². The van der Waals surface area contributed by atoms with Crippen LogP contribution in [0.4, 0.5) is 5.82 Å². The summed E-state index contributed by atoms with van der Waals surface area (Å²) in [4.78, 5) is 8.65. The number of anilines is 1. The van der Waals surface area contributed by atoms with Gasteiger partial charge < -0.3 is 10.1 Å². The van der Waals surface area contributed by atoms with Crippen LogP contribution < -0.4 is 10.1 Å². The fourth-order valence-corrected chi connectivity index (χ4v) is 1.59. The SMILES string of the molecule is COc1cc(CNc2cnc(C)c(C)n2)nn1C. The van der Waals surface area contributed by atoms with Crippen molar-refractivity contribution in [2.24, 2.45) is 7.05 Å². The minimum absolute atomic E-state index is 0.592. The van der Waals surface area contributed by atoms with Crippen LogP contribution in [0.5, 0.6) is 5.88 Å². The predicted molar refractivity (Wildman–Crippen MR) is 68.6 cm³/mol. The van der Waals surface area contributed by atoms with Crippen molar-refractivity contribution >= 4 is 5.82 Å². The van der Waals surface area contributed by atoms with Crippen molar-refractivity contribution in [3.63, 3.8) is 0 Å². The molecule has 0 radical (unpaired) electrons. The van der Waals surface area contributed by atoms with Gasteiger partial charge in [0, 0.05) is 13.1 Å². The predicted octanol–water partition coefficient (Wildman–Crippen LogP) is 1.45. The van der Waals surface area contributed by atoms with Gasteiger partial charge in [0.2, 0.25) is 5.88 Å². The van der Waals surface area contributed by atoms with Crippen LogP contribution in [0.2, 0.25) is 0 Å². The van der Waals surface area contributed by atoms with Gasteiger partial charge in [0.1, 0.15) is 5.82 Å². The lowest BCUT2D eigenvalue weighted by Gasteiger charge is -2.05. The van der Waals surface area contributed by atoms with Gasteiger partial charge in [-0.3, -0.25) is 4.98 Å². The van der Waals surface area contributed by atoms with Gasteiger partial charge in [-0.2, -0.15) is 5.10 Å². The van der Waals surface area contributed by atoms with E-state index in [4.69, 9.17) is 4.74 Å². The second-order valence-electron chi connectivity index (χ2n) is 4.08. The monoisotopic (exact) mass is 247 g/mol. The lowest BCUT2D eigenvalue weighted by atomic mass is 10.3. The molecule has 0 saturated heterocycles. The van der Waals surface area contributed by atoms with Crippen LogP contribution >= 0.6 is 0 Å². The summed E-state index contributed by atoms with van der Waals surface area (Å²) in [5, 5.41) is 7.51. The zero-order valence-electron chi connectivity index (χ0n) is 11.1. The van der Waals surface area contributed by atoms with Gasteiger partial charge in [-0.05, 0) is 13.8 Å². The van der Waals surface area contributed by atoms with E-state index >= 15 is 0 Å². The van der Waals surface area contributed by atoms with Crippen LogP contribution in [-0.2, 0) is 13.6 Å². The summed E-state index contributed by atoms with van der Waals surface area (Å²) in [7, 11) is 3.47. The first kappa shape index (κ1) is 12.3. The first-order chi connectivity index (χ1) is 8.60. The molecule has 0 spiro atoms. The first-order valence-electron chi connectivity index (χ1n) is 5.71. The molecule has 2 heterocycles. The van der Waals surface area contributed by atoms with E-state index in [-0.39, 0.29) is 0 Å². The number of nitrogens with one attached hydrogen (secondary N) is 1. The van der Waals surface area contributed by atoms with E-state index in [2.05, 4.69) is 20.4 Å². The van der Waals surface area contributed by atoms with Crippen LogP contribution in [0.25, 0.3) is 0 Å². The smallest absolute Gasteiger partial charge is 0.211 e. The highest BCUT2D eigenvalue weighted by atomic mass is 16.5. The van der Waals surface area contributed by atoms with Crippen LogP contribution in [-0.4, -0.2) is 26.9 Å². The maximum Gasteiger partial charge on any atom is 0.211 e. The number of methoxy groups -OCH3 is 1. The Labute approximate surface area is 106 Å². The minimum Gasteiger partial charge on any atom is -0.481 e. The Morgan fingerprint density at radius 2 is 2.11 bits per heavy atom. The molecule has 2 aromatic heterocycles. The van der Waals surface area contributed by atoms with E-state index in [0.717, 1.165) is 28.8 Å². The number of ether oxygens (including phenoxy) is 1. The molecule has 96 valence electrons. The van der Waals surface area contributed by atoms with Crippen molar-refractivity contribution in [2.75, 3.05) is 12.4 Å². The van der Waals surface area contributed by atoms with E-state index in [0.29, 0.717) is 6.54 Å². The summed E-state index contributed by atoms with van der Waals surface area (Å²) in [6, 6.07) is 1.89. The highest BCUT2D eigenvalue weighted by Gasteiger charge is 2.05. The largest absolute Gasteiger partial charge is 0.481 e. The molecule has 18 heavy (non-hydrogen) atoms. The Bertz CT molecular complexity index is 549. The third-order valence-corrected chi connectivity index (χ3v) is 2.74. The van der Waals surface area contributed by atoms with Gasteiger partial charge in [-0.25, -0.2) is 9.67 Å². The third kappa shape index (κ3) is 2.58. The van der Waals surface area contributed by atoms with Crippen LogP contribution in [0.3, 0.4) is 0 Å². The molecule has 0 saturated carbocycles. The lowest BCUT2D eigenvalue weighted by Crippen LogP contribution is -2.05. The lowest BCUT2D eigenvalue weighted by molar-refractivity contribution is 0.373. The zero-order valence-corrected chi connectivity index (χ0v) is 11.1. The molecule has 1 N–H and O–H groups in total. The second-order valence-corrected chi connectivity index (χ2v) is 4.08. The number of rotatable bonds is 4. The summed E-state index contributed by atoms with van der Waals surface area (Å²) in [6.45, 7) is 4.47. The average Bonchev–Trinajstić information content (AvgIpc) is 2.71. The quantitative estimate of drug-likeness (QED) is 0.885. The number of aryl methyl sites for hydroxylation is 3. The van der Waals surface area contributed by atoms with Crippen molar-refractivity contribution in [1.29, 1.82) is 0 Å². The highest BCUT2D eigenvalue weighted by Crippen LogP contribution is 2.12. The summed E-state index contributed by atoms with van der Waals surface area (Å²) < 4.78 is 6.85. The minimum atomic E-state index is 0.592. The summed E-state index contributed by atoms with van der Waals surface area (Å²) >= 11 is 0. The highest BCUT2D eigenvalue weighted by molar-refractivity contribution is 5.34. The fraction of sp³-hybridized carbons (Fsp3) is 0.417. The summed E-state index contributed by atoms with van der Waals surface area (Å²) in [6.07, 6.45) is 1.72. The van der Waals surface area contributed by atoms with Crippen LogP contribution in [0.1, 0.15) is 17.1 Å². The Morgan fingerprint density at radius 3 is 2.72 bits per heavy atom. The molecular weight excluding hydrogens is 230 g/mol. The molecule has 0 aliphatic rings. The molecule has 0 aromatic carbocycles. The molecule has 0 atom stereocenters. The molecule has 6 heteroatoms. The van der Waals surface area contributed by atoms with Gasteiger partial charge in [0.25, 0.3) is 0 Å². The molecular formula is C12H17N5O. The van der Waals surface area contributed by atoms with Gasteiger partial charge in [0.05, 0.1) is 36.9 Å². The maximum atomic E-state index is 5.16. The fourth-order valence-electron chi connectivity index (χ4n) is 1.59. The number of nitrogens with zero attached hydrogens (tertiary/aromatic N) is 4. The molecule has 0 unspecified atom stereocenters. The Kier molecular flexibility index (Phi) is 3.45. The average molecular weight is 247 g/mol. The van der Waals surface area contributed by atoms with Crippen molar-refractivity contribution in [2.45, 2.75) is 20.4 Å². The molecule has 2 aromatic rings. The topological polar surface area (TPSA) is 64.9 Å². The van der Waals surface area contributed by atoms with E-state index in [1.807, 2.05) is 27.0 Å².